The molecule has 1 aromatic heterocycles. The molecule has 0 spiro atoms. The minimum Gasteiger partial charge on any atom is -0.370 e. The average molecular weight is 305 g/mol. The Balaban J connectivity index is 2.77. The first-order chi connectivity index (χ1) is 7.57. The van der Waals surface area contributed by atoms with Crippen LogP contribution in [0.1, 0.15) is 31.6 Å². The van der Waals surface area contributed by atoms with Gasteiger partial charge in [-0.2, -0.15) is 0 Å². The molecule has 0 fully saturated rings. The molecule has 0 saturated carbocycles. The smallest absolute Gasteiger partial charge is 0.169 e. The van der Waals surface area contributed by atoms with Crippen molar-refractivity contribution in [1.29, 1.82) is 0 Å². The molecule has 2 nitrogen and oxygen atoms in total. The van der Waals surface area contributed by atoms with Gasteiger partial charge < -0.3 is 4.74 Å². The quantitative estimate of drug-likeness (QED) is 0.798. The van der Waals surface area contributed by atoms with E-state index in [9.17, 15) is 4.79 Å². The van der Waals surface area contributed by atoms with Crippen molar-refractivity contribution in [3.05, 3.63) is 20.8 Å². The van der Waals surface area contributed by atoms with Gasteiger partial charge in [-0.05, 0) is 34.8 Å². The summed E-state index contributed by atoms with van der Waals surface area (Å²) in [6, 6.07) is 1.99. The van der Waals surface area contributed by atoms with Gasteiger partial charge in [0.2, 0.25) is 0 Å². The first-order valence-corrected chi connectivity index (χ1v) is 7.06. The summed E-state index contributed by atoms with van der Waals surface area (Å²) < 4.78 is 6.46. The van der Waals surface area contributed by atoms with Gasteiger partial charge in [0.15, 0.2) is 5.78 Å². The van der Waals surface area contributed by atoms with Crippen molar-refractivity contribution in [2.75, 3.05) is 7.11 Å². The van der Waals surface area contributed by atoms with Crippen LogP contribution in [0.5, 0.6) is 0 Å². The third-order valence-electron chi connectivity index (χ3n) is 3.00. The molecule has 90 valence electrons. The zero-order valence-electron chi connectivity index (χ0n) is 9.88. The summed E-state index contributed by atoms with van der Waals surface area (Å²) in [4.78, 5) is 13.3. The highest BCUT2D eigenvalue weighted by Crippen LogP contribution is 2.26. The van der Waals surface area contributed by atoms with E-state index in [1.54, 1.807) is 18.4 Å². The topological polar surface area (TPSA) is 26.3 Å². The van der Waals surface area contributed by atoms with Crippen LogP contribution in [0, 0.1) is 0 Å². The number of carbonyl (C=O) groups excluding carboxylic acids is 1. The van der Waals surface area contributed by atoms with Crippen LogP contribution < -0.4 is 0 Å². The summed E-state index contributed by atoms with van der Waals surface area (Å²) in [5, 5.41) is 2.00. The van der Waals surface area contributed by atoms with E-state index >= 15 is 0 Å². The number of hydrogen-bond donors (Lipinski definition) is 0. The zero-order chi connectivity index (χ0) is 12.2. The van der Waals surface area contributed by atoms with E-state index in [1.807, 2.05) is 25.3 Å². The Kier molecular flexibility index (Phi) is 5.15. The summed E-state index contributed by atoms with van der Waals surface area (Å²) in [5.41, 5.74) is -0.601. The second-order valence-electron chi connectivity index (χ2n) is 3.74. The molecular weight excluding hydrogens is 288 g/mol. The van der Waals surface area contributed by atoms with Gasteiger partial charge >= 0.3 is 0 Å². The number of ether oxygens (including phenoxy) is 1. The monoisotopic (exact) mass is 304 g/mol. The van der Waals surface area contributed by atoms with Crippen molar-refractivity contribution < 1.29 is 9.53 Å². The van der Waals surface area contributed by atoms with Crippen molar-refractivity contribution in [3.63, 3.8) is 0 Å². The van der Waals surface area contributed by atoms with Gasteiger partial charge in [0.1, 0.15) is 5.60 Å². The third-order valence-corrected chi connectivity index (χ3v) is 4.70. The Morgan fingerprint density at radius 1 is 1.50 bits per heavy atom. The van der Waals surface area contributed by atoms with E-state index in [0.717, 1.165) is 22.2 Å². The number of thiophene rings is 1. The van der Waals surface area contributed by atoms with Crippen molar-refractivity contribution in [2.24, 2.45) is 0 Å². The number of Topliss-reactive ketones (excluding diaryl/α,β-unsaturated/α-hetero) is 1. The molecule has 1 rings (SSSR count). The first-order valence-electron chi connectivity index (χ1n) is 5.39. The van der Waals surface area contributed by atoms with Crippen LogP contribution in [0.2, 0.25) is 0 Å². The Bertz CT molecular complexity index is 347. The number of rotatable bonds is 6. The number of methoxy groups -OCH3 is 1. The number of carbonyl (C=O) groups is 1. The van der Waals surface area contributed by atoms with Crippen molar-refractivity contribution in [1.82, 2.24) is 0 Å². The second kappa shape index (κ2) is 5.94. The molecule has 0 aliphatic rings. The maximum Gasteiger partial charge on any atom is 0.169 e. The van der Waals surface area contributed by atoms with Crippen LogP contribution in [-0.4, -0.2) is 18.5 Å². The summed E-state index contributed by atoms with van der Waals surface area (Å²) >= 11 is 4.99. The fraction of sp³-hybridized carbons (Fsp3) is 0.583. The lowest BCUT2D eigenvalue weighted by Gasteiger charge is -2.28. The summed E-state index contributed by atoms with van der Waals surface area (Å²) in [7, 11) is 1.62. The minimum absolute atomic E-state index is 0.175. The van der Waals surface area contributed by atoms with E-state index in [0.29, 0.717) is 6.42 Å². The molecule has 16 heavy (non-hydrogen) atoms. The lowest BCUT2D eigenvalue weighted by atomic mass is 9.90. The lowest BCUT2D eigenvalue weighted by molar-refractivity contribution is -0.141. The molecule has 0 unspecified atom stereocenters. The lowest BCUT2D eigenvalue weighted by Crippen LogP contribution is -2.40. The van der Waals surface area contributed by atoms with Gasteiger partial charge in [0.05, 0.1) is 0 Å². The maximum atomic E-state index is 12.2. The molecular formula is C12H17BrO2S. The van der Waals surface area contributed by atoms with Crippen LogP contribution >= 0.6 is 27.3 Å². The van der Waals surface area contributed by atoms with Crippen LogP contribution in [0.3, 0.4) is 0 Å². The molecule has 0 aliphatic carbocycles. The Labute approximate surface area is 109 Å². The van der Waals surface area contributed by atoms with E-state index < -0.39 is 5.60 Å². The SMILES string of the molecule is CCC(CC)(OC)C(=O)Cc1cc(Br)cs1. The normalized spacial score (nSPS) is 11.8. The zero-order valence-corrected chi connectivity index (χ0v) is 12.3. The Hall–Kier alpha value is -0.190. The highest BCUT2D eigenvalue weighted by molar-refractivity contribution is 9.10. The summed E-state index contributed by atoms with van der Waals surface area (Å²) in [6.45, 7) is 3.99. The van der Waals surface area contributed by atoms with E-state index in [-0.39, 0.29) is 5.78 Å². The molecule has 0 radical (unpaired) electrons. The van der Waals surface area contributed by atoms with Gasteiger partial charge in [0, 0.05) is 28.3 Å². The fourth-order valence-electron chi connectivity index (χ4n) is 1.81. The van der Waals surface area contributed by atoms with Crippen LogP contribution in [0.25, 0.3) is 0 Å². The number of halogens is 1. The first kappa shape index (κ1) is 13.9. The van der Waals surface area contributed by atoms with Gasteiger partial charge in [-0.25, -0.2) is 0 Å². The van der Waals surface area contributed by atoms with Crippen LogP contribution in [-0.2, 0) is 16.0 Å². The second-order valence-corrected chi connectivity index (χ2v) is 5.65. The largest absolute Gasteiger partial charge is 0.370 e. The van der Waals surface area contributed by atoms with Crippen molar-refractivity contribution in [3.8, 4) is 0 Å². The maximum absolute atomic E-state index is 12.2. The van der Waals surface area contributed by atoms with E-state index in [4.69, 9.17) is 4.74 Å². The van der Waals surface area contributed by atoms with Crippen LogP contribution in [0.15, 0.2) is 15.9 Å². The van der Waals surface area contributed by atoms with Crippen LogP contribution in [0.4, 0.5) is 0 Å². The molecule has 0 aliphatic heterocycles. The van der Waals surface area contributed by atoms with Crippen molar-refractivity contribution in [2.45, 2.75) is 38.7 Å². The van der Waals surface area contributed by atoms with Gasteiger partial charge in [-0.1, -0.05) is 13.8 Å². The number of ketones is 1. The number of hydrogen-bond acceptors (Lipinski definition) is 3. The molecule has 0 amide bonds. The molecule has 0 bridgehead atoms. The summed E-state index contributed by atoms with van der Waals surface area (Å²) in [5.74, 6) is 0.175. The minimum atomic E-state index is -0.601. The molecule has 4 heteroatoms. The molecule has 0 aromatic carbocycles. The van der Waals surface area contributed by atoms with Gasteiger partial charge in [-0.3, -0.25) is 4.79 Å². The molecule has 1 heterocycles. The summed E-state index contributed by atoms with van der Waals surface area (Å²) in [6.07, 6.45) is 1.92. The highest BCUT2D eigenvalue weighted by Gasteiger charge is 2.34. The molecule has 0 atom stereocenters. The standard InChI is InChI=1S/C12H17BrO2S/c1-4-12(5-2,15-3)11(14)7-10-6-9(13)8-16-10/h6,8H,4-5,7H2,1-3H3. The Morgan fingerprint density at radius 2 is 2.12 bits per heavy atom. The molecule has 1 aromatic rings. The van der Waals surface area contributed by atoms with Gasteiger partial charge in [-0.15, -0.1) is 11.3 Å². The van der Waals surface area contributed by atoms with E-state index in [1.165, 1.54) is 0 Å². The molecule has 0 N–H and O–H groups in total. The fourth-order valence-corrected chi connectivity index (χ4v) is 3.26. The van der Waals surface area contributed by atoms with Gasteiger partial charge in [0.25, 0.3) is 0 Å². The predicted molar refractivity (Wildman–Crippen MR) is 71.1 cm³/mol. The Morgan fingerprint density at radius 3 is 2.50 bits per heavy atom. The van der Waals surface area contributed by atoms with E-state index in [2.05, 4.69) is 15.9 Å². The molecule has 0 saturated heterocycles. The third kappa shape index (κ3) is 2.93. The highest BCUT2D eigenvalue weighted by atomic mass is 79.9. The van der Waals surface area contributed by atoms with Crippen molar-refractivity contribution >= 4 is 33.0 Å². The predicted octanol–water partition coefficient (Wildman–Crippen LogP) is 3.83. The average Bonchev–Trinajstić information content (AvgIpc) is 2.67.